The topological polar surface area (TPSA) is 72.6 Å². The van der Waals surface area contributed by atoms with Gasteiger partial charge in [0.05, 0.1) is 0 Å². The number of carbonyl (C=O) groups is 1. The molecule has 1 aliphatic carbocycles. The van der Waals surface area contributed by atoms with Crippen LogP contribution in [0.4, 0.5) is 13.2 Å². The number of rotatable bonds is 5. The van der Waals surface area contributed by atoms with Gasteiger partial charge in [-0.25, -0.2) is 9.50 Å². The maximum Gasteiger partial charge on any atom is 0.573 e. The van der Waals surface area contributed by atoms with Gasteiger partial charge in [-0.1, -0.05) is 31.5 Å². The summed E-state index contributed by atoms with van der Waals surface area (Å²) in [5.74, 6) is 0.574. The van der Waals surface area contributed by atoms with Crippen molar-refractivity contribution in [3.63, 3.8) is 0 Å². The minimum Gasteiger partial charge on any atom is -0.405 e. The lowest BCUT2D eigenvalue weighted by atomic mass is 9.95. The number of benzene rings is 1. The van der Waals surface area contributed by atoms with E-state index in [1.54, 1.807) is 33.8 Å². The number of aromatic nitrogens is 4. The lowest BCUT2D eigenvalue weighted by Crippen LogP contribution is -2.30. The third-order valence-electron chi connectivity index (χ3n) is 6.60. The standard InChI is InChI=1S/C23H24F3N5O2/c1-2-5-14-10-27-22-28-20(29-31(22)11-14)21(32)30-12-16-8-15(9-17(16)13-30)18-6-3-4-7-19(18)33-23(24,25)26/h3-4,6-7,10-11,15-17H,2,5,8-9,12-13H2,1H3/t15-,16-,17+. The van der Waals surface area contributed by atoms with E-state index in [1.165, 1.54) is 6.07 Å². The van der Waals surface area contributed by atoms with Crippen LogP contribution < -0.4 is 4.74 Å². The Balaban J connectivity index is 1.27. The van der Waals surface area contributed by atoms with E-state index in [1.807, 2.05) is 6.20 Å². The average Bonchev–Trinajstić information content (AvgIpc) is 3.45. The molecular formula is C23H24F3N5O2. The molecule has 0 unspecified atom stereocenters. The number of fused-ring (bicyclic) bond motifs is 2. The van der Waals surface area contributed by atoms with Gasteiger partial charge in [-0.15, -0.1) is 18.3 Å². The molecule has 3 heterocycles. The first-order valence-electron chi connectivity index (χ1n) is 11.2. The first kappa shape index (κ1) is 21.7. The highest BCUT2D eigenvalue weighted by Gasteiger charge is 2.44. The zero-order valence-corrected chi connectivity index (χ0v) is 18.1. The number of halogens is 3. The number of hydrogen-bond acceptors (Lipinski definition) is 5. The van der Waals surface area contributed by atoms with Crippen LogP contribution in [0, 0.1) is 11.8 Å². The summed E-state index contributed by atoms with van der Waals surface area (Å²) in [6, 6.07) is 6.35. The molecule has 3 aromatic rings. The number of ether oxygens (including phenoxy) is 1. The highest BCUT2D eigenvalue weighted by molar-refractivity contribution is 5.91. The van der Waals surface area contributed by atoms with Crippen molar-refractivity contribution in [2.24, 2.45) is 11.8 Å². The molecule has 33 heavy (non-hydrogen) atoms. The van der Waals surface area contributed by atoms with Gasteiger partial charge in [-0.05, 0) is 54.2 Å². The number of para-hydroxylation sites is 1. The molecule has 1 amide bonds. The van der Waals surface area contributed by atoms with E-state index < -0.39 is 6.36 Å². The zero-order valence-electron chi connectivity index (χ0n) is 18.1. The molecule has 2 aliphatic rings. The average molecular weight is 459 g/mol. The van der Waals surface area contributed by atoms with Crippen molar-refractivity contribution in [1.82, 2.24) is 24.5 Å². The van der Waals surface area contributed by atoms with Crippen LogP contribution in [0.2, 0.25) is 0 Å². The molecule has 7 nitrogen and oxygen atoms in total. The normalized spacial score (nSPS) is 22.7. The summed E-state index contributed by atoms with van der Waals surface area (Å²) < 4.78 is 44.2. The maximum absolute atomic E-state index is 13.0. The van der Waals surface area contributed by atoms with Crippen molar-refractivity contribution in [2.45, 2.75) is 44.9 Å². The van der Waals surface area contributed by atoms with Gasteiger partial charge in [0.15, 0.2) is 0 Å². The fraction of sp³-hybridized carbons (Fsp3) is 0.478. The molecule has 1 saturated heterocycles. The zero-order chi connectivity index (χ0) is 23.2. The number of likely N-dealkylation sites (tertiary alicyclic amines) is 1. The van der Waals surface area contributed by atoms with Crippen LogP contribution in [0.25, 0.3) is 5.78 Å². The smallest absolute Gasteiger partial charge is 0.405 e. The predicted octanol–water partition coefficient (Wildman–Crippen LogP) is 4.24. The molecule has 0 spiro atoms. The number of amides is 1. The third-order valence-corrected chi connectivity index (χ3v) is 6.60. The van der Waals surface area contributed by atoms with Crippen molar-refractivity contribution in [3.8, 4) is 5.75 Å². The van der Waals surface area contributed by atoms with Crippen LogP contribution in [0.3, 0.4) is 0 Å². The number of carbonyl (C=O) groups excluding carboxylic acids is 1. The fourth-order valence-corrected chi connectivity index (χ4v) is 5.23. The molecule has 5 rings (SSSR count). The van der Waals surface area contributed by atoms with Gasteiger partial charge in [0.25, 0.3) is 11.7 Å². The minimum atomic E-state index is -4.72. The summed E-state index contributed by atoms with van der Waals surface area (Å²) in [5.41, 5.74) is 1.61. The van der Waals surface area contributed by atoms with Gasteiger partial charge in [-0.2, -0.15) is 4.98 Å². The lowest BCUT2D eigenvalue weighted by Gasteiger charge is -2.20. The SMILES string of the molecule is CCCc1cnc2nc(C(=O)N3C[C@H]4C[C@@H](c5ccccc5OC(F)(F)F)C[C@H]4C3)nn2c1. The lowest BCUT2D eigenvalue weighted by molar-refractivity contribution is -0.275. The maximum atomic E-state index is 13.0. The van der Waals surface area contributed by atoms with Crippen molar-refractivity contribution in [3.05, 3.63) is 53.6 Å². The number of aryl methyl sites for hydroxylation is 1. The second kappa shape index (κ2) is 8.31. The molecule has 3 atom stereocenters. The van der Waals surface area contributed by atoms with Crippen molar-refractivity contribution < 1.29 is 22.7 Å². The van der Waals surface area contributed by atoms with Crippen molar-refractivity contribution >= 4 is 11.7 Å². The molecule has 0 radical (unpaired) electrons. The molecule has 10 heteroatoms. The summed E-state index contributed by atoms with van der Waals surface area (Å²) in [7, 11) is 0. The Morgan fingerprint density at radius 3 is 2.61 bits per heavy atom. The second-order valence-electron chi connectivity index (χ2n) is 8.88. The Hall–Kier alpha value is -3.17. The Morgan fingerprint density at radius 1 is 1.18 bits per heavy atom. The van der Waals surface area contributed by atoms with Crippen LogP contribution in [0.1, 0.15) is 53.8 Å². The van der Waals surface area contributed by atoms with E-state index in [0.29, 0.717) is 37.3 Å². The first-order chi connectivity index (χ1) is 15.8. The predicted molar refractivity (Wildman–Crippen MR) is 113 cm³/mol. The van der Waals surface area contributed by atoms with Gasteiger partial charge in [-0.3, -0.25) is 4.79 Å². The monoisotopic (exact) mass is 459 g/mol. The first-order valence-corrected chi connectivity index (χ1v) is 11.2. The molecular weight excluding hydrogens is 435 g/mol. The van der Waals surface area contributed by atoms with E-state index in [-0.39, 0.29) is 35.2 Å². The summed E-state index contributed by atoms with van der Waals surface area (Å²) in [6.45, 7) is 3.18. The molecule has 174 valence electrons. The van der Waals surface area contributed by atoms with Crippen LogP contribution in [0.5, 0.6) is 5.75 Å². The summed E-state index contributed by atoms with van der Waals surface area (Å²) >= 11 is 0. The van der Waals surface area contributed by atoms with Crippen LogP contribution in [-0.4, -0.2) is 49.8 Å². The molecule has 2 aromatic heterocycles. The van der Waals surface area contributed by atoms with E-state index in [9.17, 15) is 18.0 Å². The van der Waals surface area contributed by atoms with Crippen LogP contribution in [0.15, 0.2) is 36.7 Å². The van der Waals surface area contributed by atoms with Crippen LogP contribution in [-0.2, 0) is 6.42 Å². The summed E-state index contributed by atoms with van der Waals surface area (Å²) in [5, 5.41) is 4.33. The van der Waals surface area contributed by atoms with Crippen LogP contribution >= 0.6 is 0 Å². The van der Waals surface area contributed by atoms with E-state index in [4.69, 9.17) is 0 Å². The van der Waals surface area contributed by atoms with Gasteiger partial charge in [0.2, 0.25) is 5.82 Å². The highest BCUT2D eigenvalue weighted by Crippen LogP contribution is 2.48. The molecule has 1 aromatic carbocycles. The molecule has 0 N–H and O–H groups in total. The van der Waals surface area contributed by atoms with Gasteiger partial charge in [0.1, 0.15) is 5.75 Å². The second-order valence-corrected chi connectivity index (χ2v) is 8.88. The van der Waals surface area contributed by atoms with E-state index in [0.717, 1.165) is 18.4 Å². The summed E-state index contributed by atoms with van der Waals surface area (Å²) in [6.07, 6.45) is 2.17. The van der Waals surface area contributed by atoms with Gasteiger partial charge in [0, 0.05) is 25.5 Å². The van der Waals surface area contributed by atoms with Crippen molar-refractivity contribution in [1.29, 1.82) is 0 Å². The van der Waals surface area contributed by atoms with Gasteiger partial charge < -0.3 is 9.64 Å². The number of alkyl halides is 3. The largest absolute Gasteiger partial charge is 0.573 e. The molecule has 1 aliphatic heterocycles. The Kier molecular flexibility index (Phi) is 5.46. The number of hydrogen-bond donors (Lipinski definition) is 0. The Morgan fingerprint density at radius 2 is 1.91 bits per heavy atom. The van der Waals surface area contributed by atoms with Crippen molar-refractivity contribution in [2.75, 3.05) is 13.1 Å². The number of nitrogens with zero attached hydrogens (tertiary/aromatic N) is 5. The molecule has 1 saturated carbocycles. The molecule has 2 fully saturated rings. The van der Waals surface area contributed by atoms with E-state index >= 15 is 0 Å². The third kappa shape index (κ3) is 4.38. The summed E-state index contributed by atoms with van der Waals surface area (Å²) in [4.78, 5) is 23.4. The fourth-order valence-electron chi connectivity index (χ4n) is 5.23. The Bertz CT molecular complexity index is 1160. The quantitative estimate of drug-likeness (QED) is 0.571. The highest BCUT2D eigenvalue weighted by atomic mass is 19.4. The van der Waals surface area contributed by atoms with Gasteiger partial charge >= 0.3 is 6.36 Å². The molecule has 0 bridgehead atoms. The Labute approximate surface area is 188 Å². The van der Waals surface area contributed by atoms with E-state index in [2.05, 4.69) is 26.7 Å². The minimum absolute atomic E-state index is 0.0229.